The molecule has 22 heavy (non-hydrogen) atoms. The molecular weight excluding hydrogens is 288 g/mol. The number of hydrogen-bond acceptors (Lipinski definition) is 5. The van der Waals surface area contributed by atoms with Gasteiger partial charge in [-0.05, 0) is 19.1 Å². The fourth-order valence-electron chi connectivity index (χ4n) is 2.02. The molecule has 0 saturated heterocycles. The van der Waals surface area contributed by atoms with E-state index in [1.54, 1.807) is 23.1 Å². The quantitative estimate of drug-likeness (QED) is 0.645. The Kier molecular flexibility index (Phi) is 4.72. The zero-order valence-electron chi connectivity index (χ0n) is 12.2. The first-order valence-electron chi connectivity index (χ1n) is 6.62. The number of nitro benzene ring substituents is 1. The van der Waals surface area contributed by atoms with Crippen LogP contribution < -0.4 is 10.1 Å². The zero-order chi connectivity index (χ0) is 16.1. The number of amides is 1. The van der Waals surface area contributed by atoms with Crippen LogP contribution in [0.1, 0.15) is 17.3 Å². The molecule has 1 aromatic heterocycles. The first-order chi connectivity index (χ1) is 10.5. The van der Waals surface area contributed by atoms with Gasteiger partial charge in [-0.1, -0.05) is 0 Å². The normalized spacial score (nSPS) is 11.7. The molecule has 1 aromatic carbocycles. The van der Waals surface area contributed by atoms with Crippen molar-refractivity contribution in [2.45, 2.75) is 19.5 Å². The number of carbonyl (C=O) groups excluding carboxylic acids is 1. The fraction of sp³-hybridized carbons (Fsp3) is 0.286. The van der Waals surface area contributed by atoms with E-state index in [1.165, 1.54) is 25.3 Å². The van der Waals surface area contributed by atoms with Crippen LogP contribution in [0, 0.1) is 10.1 Å². The average molecular weight is 304 g/mol. The van der Waals surface area contributed by atoms with Crippen molar-refractivity contribution in [3.63, 3.8) is 0 Å². The van der Waals surface area contributed by atoms with Crippen LogP contribution in [0.15, 0.2) is 36.7 Å². The molecule has 0 radical (unpaired) electrons. The largest absolute Gasteiger partial charge is 0.496 e. The SMILES string of the molecule is COc1ccc([N+](=O)[O-])cc1C(=O)N[C@@H](C)Cn1cccn1. The Morgan fingerprint density at radius 1 is 1.55 bits per heavy atom. The van der Waals surface area contributed by atoms with Gasteiger partial charge in [-0.25, -0.2) is 0 Å². The Bertz CT molecular complexity index is 669. The molecular formula is C14H16N4O4. The highest BCUT2D eigenvalue weighted by Gasteiger charge is 2.19. The topological polar surface area (TPSA) is 99.3 Å². The summed E-state index contributed by atoms with van der Waals surface area (Å²) in [5.41, 5.74) is -0.0327. The van der Waals surface area contributed by atoms with Gasteiger partial charge in [0, 0.05) is 30.6 Å². The summed E-state index contributed by atoms with van der Waals surface area (Å²) in [6, 6.07) is 5.50. The molecule has 0 aliphatic rings. The summed E-state index contributed by atoms with van der Waals surface area (Å²) in [5.74, 6) is -0.144. The van der Waals surface area contributed by atoms with Gasteiger partial charge in [0.25, 0.3) is 11.6 Å². The Hall–Kier alpha value is -2.90. The summed E-state index contributed by atoms with van der Waals surface area (Å²) in [4.78, 5) is 22.6. The molecule has 0 aliphatic heterocycles. The van der Waals surface area contributed by atoms with E-state index in [2.05, 4.69) is 10.4 Å². The van der Waals surface area contributed by atoms with Gasteiger partial charge in [-0.15, -0.1) is 0 Å². The molecule has 2 aromatic rings. The van der Waals surface area contributed by atoms with Gasteiger partial charge in [-0.2, -0.15) is 5.10 Å². The van der Waals surface area contributed by atoms with Gasteiger partial charge in [0.15, 0.2) is 0 Å². The lowest BCUT2D eigenvalue weighted by Crippen LogP contribution is -2.36. The third kappa shape index (κ3) is 3.60. The van der Waals surface area contributed by atoms with E-state index >= 15 is 0 Å². The number of nitrogens with one attached hydrogen (secondary N) is 1. The van der Waals surface area contributed by atoms with E-state index in [0.717, 1.165) is 0 Å². The van der Waals surface area contributed by atoms with Crippen LogP contribution in [0.25, 0.3) is 0 Å². The van der Waals surface area contributed by atoms with Gasteiger partial charge in [0.2, 0.25) is 0 Å². The van der Waals surface area contributed by atoms with E-state index in [-0.39, 0.29) is 23.0 Å². The number of nitro groups is 1. The van der Waals surface area contributed by atoms with Crippen LogP contribution >= 0.6 is 0 Å². The highest BCUT2D eigenvalue weighted by Crippen LogP contribution is 2.23. The third-order valence-electron chi connectivity index (χ3n) is 3.04. The summed E-state index contributed by atoms with van der Waals surface area (Å²) in [5, 5.41) is 17.7. The van der Waals surface area contributed by atoms with E-state index in [0.29, 0.717) is 6.54 Å². The first-order valence-corrected chi connectivity index (χ1v) is 6.62. The van der Waals surface area contributed by atoms with Crippen molar-refractivity contribution >= 4 is 11.6 Å². The summed E-state index contributed by atoms with van der Waals surface area (Å²) >= 11 is 0. The summed E-state index contributed by atoms with van der Waals surface area (Å²) < 4.78 is 6.78. The standard InChI is InChI=1S/C14H16N4O4/c1-10(9-17-7-3-6-15-17)16-14(19)12-8-11(18(20)21)4-5-13(12)22-2/h3-8,10H,9H2,1-2H3,(H,16,19)/t10-/m0/s1. The van der Waals surface area contributed by atoms with Crippen LogP contribution in [0.2, 0.25) is 0 Å². The Morgan fingerprint density at radius 3 is 2.91 bits per heavy atom. The number of methoxy groups -OCH3 is 1. The molecule has 0 bridgehead atoms. The van der Waals surface area contributed by atoms with Gasteiger partial charge in [-0.3, -0.25) is 19.6 Å². The summed E-state index contributed by atoms with van der Waals surface area (Å²) in [6.07, 6.45) is 3.44. The first kappa shape index (κ1) is 15.5. The smallest absolute Gasteiger partial charge is 0.270 e. The van der Waals surface area contributed by atoms with Crippen LogP contribution in [-0.2, 0) is 6.54 Å². The maximum atomic E-state index is 12.3. The van der Waals surface area contributed by atoms with Crippen molar-refractivity contribution < 1.29 is 14.5 Å². The number of hydrogen-bond donors (Lipinski definition) is 1. The number of aromatic nitrogens is 2. The van der Waals surface area contributed by atoms with Crippen molar-refractivity contribution in [1.29, 1.82) is 0 Å². The predicted octanol–water partition coefficient (Wildman–Crippen LogP) is 1.62. The monoisotopic (exact) mass is 304 g/mol. The van der Waals surface area contributed by atoms with E-state index in [1.807, 2.05) is 6.92 Å². The maximum absolute atomic E-state index is 12.3. The Labute approximate surface area is 126 Å². The second-order valence-electron chi connectivity index (χ2n) is 4.74. The van der Waals surface area contributed by atoms with Crippen LogP contribution in [0.5, 0.6) is 5.75 Å². The summed E-state index contributed by atoms with van der Waals surface area (Å²) in [7, 11) is 1.41. The molecule has 1 amide bonds. The lowest BCUT2D eigenvalue weighted by molar-refractivity contribution is -0.384. The minimum Gasteiger partial charge on any atom is -0.496 e. The second kappa shape index (κ2) is 6.70. The minimum absolute atomic E-state index is 0.129. The van der Waals surface area contributed by atoms with E-state index in [9.17, 15) is 14.9 Å². The highest BCUT2D eigenvalue weighted by atomic mass is 16.6. The summed E-state index contributed by atoms with van der Waals surface area (Å²) in [6.45, 7) is 2.32. The molecule has 0 saturated carbocycles. The maximum Gasteiger partial charge on any atom is 0.270 e. The highest BCUT2D eigenvalue weighted by molar-refractivity contribution is 5.97. The van der Waals surface area contributed by atoms with Crippen molar-refractivity contribution in [1.82, 2.24) is 15.1 Å². The molecule has 8 nitrogen and oxygen atoms in total. The minimum atomic E-state index is -0.552. The van der Waals surface area contributed by atoms with Gasteiger partial charge in [0.05, 0.1) is 24.1 Å². The Morgan fingerprint density at radius 2 is 2.32 bits per heavy atom. The number of rotatable bonds is 6. The van der Waals surface area contributed by atoms with Gasteiger partial charge in [0.1, 0.15) is 5.75 Å². The van der Waals surface area contributed by atoms with Gasteiger partial charge >= 0.3 is 0 Å². The van der Waals surface area contributed by atoms with Crippen LogP contribution in [0.4, 0.5) is 5.69 Å². The molecule has 1 heterocycles. The molecule has 2 rings (SSSR count). The lowest BCUT2D eigenvalue weighted by Gasteiger charge is -2.15. The molecule has 8 heteroatoms. The van der Waals surface area contributed by atoms with Crippen molar-refractivity contribution in [2.75, 3.05) is 7.11 Å². The zero-order valence-corrected chi connectivity index (χ0v) is 12.2. The van der Waals surface area contributed by atoms with Crippen LogP contribution in [0.3, 0.4) is 0 Å². The van der Waals surface area contributed by atoms with E-state index < -0.39 is 10.8 Å². The average Bonchev–Trinajstić information content (AvgIpc) is 2.99. The van der Waals surface area contributed by atoms with Crippen molar-refractivity contribution in [2.24, 2.45) is 0 Å². The van der Waals surface area contributed by atoms with Crippen LogP contribution in [-0.4, -0.2) is 33.8 Å². The fourth-order valence-corrected chi connectivity index (χ4v) is 2.02. The van der Waals surface area contributed by atoms with Crippen molar-refractivity contribution in [3.8, 4) is 5.75 Å². The lowest BCUT2D eigenvalue weighted by atomic mass is 10.1. The number of carbonyl (C=O) groups is 1. The molecule has 116 valence electrons. The number of nitrogens with zero attached hydrogens (tertiary/aromatic N) is 3. The second-order valence-corrected chi connectivity index (χ2v) is 4.74. The molecule has 1 atom stereocenters. The molecule has 0 fully saturated rings. The van der Waals surface area contributed by atoms with Crippen molar-refractivity contribution in [3.05, 3.63) is 52.3 Å². The molecule has 1 N–H and O–H groups in total. The number of non-ortho nitro benzene ring substituents is 1. The molecule has 0 spiro atoms. The van der Waals surface area contributed by atoms with Gasteiger partial charge < -0.3 is 10.1 Å². The Balaban J connectivity index is 2.13. The third-order valence-corrected chi connectivity index (χ3v) is 3.04. The molecule has 0 unspecified atom stereocenters. The number of benzene rings is 1. The van der Waals surface area contributed by atoms with E-state index in [4.69, 9.17) is 4.74 Å². The molecule has 0 aliphatic carbocycles. The number of ether oxygens (including phenoxy) is 1. The predicted molar refractivity (Wildman–Crippen MR) is 78.8 cm³/mol.